The van der Waals surface area contributed by atoms with E-state index in [1.165, 1.54) is 17.0 Å². The third kappa shape index (κ3) is 3.57. The summed E-state index contributed by atoms with van der Waals surface area (Å²) in [5, 5.41) is 0. The van der Waals surface area contributed by atoms with Gasteiger partial charge in [-0.25, -0.2) is 4.39 Å². The number of carbonyl (C=O) groups is 1. The molecule has 0 radical (unpaired) electrons. The van der Waals surface area contributed by atoms with Crippen LogP contribution in [0, 0.1) is 0 Å². The van der Waals surface area contributed by atoms with Gasteiger partial charge in [-0.1, -0.05) is 30.8 Å². The molecule has 1 amide bonds. The van der Waals surface area contributed by atoms with E-state index in [4.69, 9.17) is 0 Å². The van der Waals surface area contributed by atoms with Crippen LogP contribution in [0.15, 0.2) is 54.9 Å². The lowest BCUT2D eigenvalue weighted by atomic mass is 9.94. The van der Waals surface area contributed by atoms with E-state index >= 15 is 0 Å². The molecule has 2 aromatic carbocycles. The van der Waals surface area contributed by atoms with Crippen LogP contribution in [0.3, 0.4) is 0 Å². The Balaban J connectivity index is 1.87. The summed E-state index contributed by atoms with van der Waals surface area (Å²) >= 11 is 0. The molecule has 0 fully saturated rings. The quantitative estimate of drug-likeness (QED) is 0.566. The number of benzene rings is 2. The van der Waals surface area contributed by atoms with Crippen molar-refractivity contribution in [2.75, 3.05) is 6.54 Å². The number of halogens is 4. The van der Waals surface area contributed by atoms with Crippen LogP contribution in [0.25, 0.3) is 11.1 Å². The van der Waals surface area contributed by atoms with E-state index in [9.17, 15) is 22.4 Å². The molecule has 0 unspecified atom stereocenters. The number of hydrogen-bond donors (Lipinski definition) is 0. The summed E-state index contributed by atoms with van der Waals surface area (Å²) in [7, 11) is 0. The van der Waals surface area contributed by atoms with Crippen molar-refractivity contribution in [3.8, 4) is 11.1 Å². The molecule has 1 aliphatic rings. The van der Waals surface area contributed by atoms with Gasteiger partial charge in [0.2, 0.25) is 0 Å². The van der Waals surface area contributed by atoms with Crippen LogP contribution < -0.4 is 0 Å². The van der Waals surface area contributed by atoms with Crippen molar-refractivity contribution >= 4 is 5.91 Å². The van der Waals surface area contributed by atoms with Crippen molar-refractivity contribution in [1.82, 2.24) is 4.90 Å². The minimum atomic E-state index is -4.37. The zero-order valence-corrected chi connectivity index (χ0v) is 13.2. The number of hydrogen-bond acceptors (Lipinski definition) is 1. The van der Waals surface area contributed by atoms with Gasteiger partial charge in [0.15, 0.2) is 5.83 Å². The van der Waals surface area contributed by atoms with Gasteiger partial charge in [0, 0.05) is 13.1 Å². The standard InChI is InChI=1S/C19H15F4NO/c1-12(20)18(25)24-9-8-14-2-3-15(10-16(14)11-24)13-4-6-17(7-5-13)19(21,22)23/h2-7,10H,1,8-9,11H2. The minimum absolute atomic E-state index is 0.256. The zero-order chi connectivity index (χ0) is 18.2. The van der Waals surface area contributed by atoms with E-state index in [0.717, 1.165) is 28.8 Å². The van der Waals surface area contributed by atoms with Gasteiger partial charge in [-0.05, 0) is 46.9 Å². The van der Waals surface area contributed by atoms with E-state index < -0.39 is 23.5 Å². The average Bonchev–Trinajstić information content (AvgIpc) is 2.59. The van der Waals surface area contributed by atoms with E-state index in [-0.39, 0.29) is 6.54 Å². The van der Waals surface area contributed by atoms with E-state index in [1.807, 2.05) is 18.2 Å². The fourth-order valence-electron chi connectivity index (χ4n) is 2.93. The second kappa shape index (κ2) is 6.35. The molecular formula is C19H15F4NO. The molecule has 0 N–H and O–H groups in total. The van der Waals surface area contributed by atoms with Crippen molar-refractivity contribution in [1.29, 1.82) is 0 Å². The third-order valence-electron chi connectivity index (χ3n) is 4.28. The topological polar surface area (TPSA) is 20.3 Å². The van der Waals surface area contributed by atoms with Crippen molar-refractivity contribution in [2.24, 2.45) is 0 Å². The molecule has 25 heavy (non-hydrogen) atoms. The highest BCUT2D eigenvalue weighted by Gasteiger charge is 2.30. The fourth-order valence-corrected chi connectivity index (χ4v) is 2.93. The van der Waals surface area contributed by atoms with Gasteiger partial charge >= 0.3 is 6.18 Å². The number of fused-ring (bicyclic) bond motifs is 1. The monoisotopic (exact) mass is 349 g/mol. The Morgan fingerprint density at radius 2 is 1.64 bits per heavy atom. The smallest absolute Gasteiger partial charge is 0.332 e. The Labute approximate surface area is 142 Å². The first kappa shape index (κ1) is 17.2. The summed E-state index contributed by atoms with van der Waals surface area (Å²) in [6.45, 7) is 3.70. The summed E-state index contributed by atoms with van der Waals surface area (Å²) in [5.74, 6) is -1.73. The van der Waals surface area contributed by atoms with Crippen LogP contribution in [0.4, 0.5) is 17.6 Å². The maximum absolute atomic E-state index is 13.1. The molecule has 0 bridgehead atoms. The molecule has 1 aliphatic heterocycles. The lowest BCUT2D eigenvalue weighted by Gasteiger charge is -2.28. The lowest BCUT2D eigenvalue weighted by Crippen LogP contribution is -2.36. The molecule has 0 spiro atoms. The van der Waals surface area contributed by atoms with Crippen LogP contribution in [0.1, 0.15) is 16.7 Å². The predicted molar refractivity (Wildman–Crippen MR) is 86.2 cm³/mol. The Kier molecular flexibility index (Phi) is 4.37. The highest BCUT2D eigenvalue weighted by atomic mass is 19.4. The molecule has 3 rings (SSSR count). The van der Waals surface area contributed by atoms with Gasteiger partial charge < -0.3 is 4.90 Å². The zero-order valence-electron chi connectivity index (χ0n) is 13.2. The number of alkyl halides is 3. The van der Waals surface area contributed by atoms with Crippen molar-refractivity contribution in [3.63, 3.8) is 0 Å². The second-order valence-electron chi connectivity index (χ2n) is 5.94. The highest BCUT2D eigenvalue weighted by Crippen LogP contribution is 2.32. The Bertz CT molecular complexity index is 824. The van der Waals surface area contributed by atoms with Crippen LogP contribution in [-0.4, -0.2) is 17.4 Å². The van der Waals surface area contributed by atoms with Gasteiger partial charge in [0.1, 0.15) is 0 Å². The van der Waals surface area contributed by atoms with Gasteiger partial charge in [0.05, 0.1) is 5.56 Å². The predicted octanol–water partition coefficient (Wildman–Crippen LogP) is 4.74. The molecule has 1 heterocycles. The number of rotatable bonds is 2. The normalized spacial score (nSPS) is 14.2. The molecule has 2 aromatic rings. The molecule has 0 saturated carbocycles. The molecule has 6 heteroatoms. The fraction of sp³-hybridized carbons (Fsp3) is 0.211. The van der Waals surface area contributed by atoms with Crippen LogP contribution in [0.2, 0.25) is 0 Å². The first-order chi connectivity index (χ1) is 11.8. The molecular weight excluding hydrogens is 334 g/mol. The van der Waals surface area contributed by atoms with Crippen molar-refractivity contribution < 1.29 is 22.4 Å². The summed E-state index contributed by atoms with van der Waals surface area (Å²) in [4.78, 5) is 13.1. The maximum atomic E-state index is 13.1. The average molecular weight is 349 g/mol. The third-order valence-corrected chi connectivity index (χ3v) is 4.28. The first-order valence-electron chi connectivity index (χ1n) is 7.69. The number of carbonyl (C=O) groups excluding carboxylic acids is 1. The number of amides is 1. The van der Waals surface area contributed by atoms with E-state index in [1.54, 1.807) is 0 Å². The van der Waals surface area contributed by atoms with Gasteiger partial charge in [-0.2, -0.15) is 13.2 Å². The summed E-state index contributed by atoms with van der Waals surface area (Å²) in [6.07, 6.45) is -3.77. The molecule has 0 saturated heterocycles. The Morgan fingerprint density at radius 3 is 2.24 bits per heavy atom. The van der Waals surface area contributed by atoms with Crippen LogP contribution in [-0.2, 0) is 23.9 Å². The summed E-state index contributed by atoms with van der Waals surface area (Å²) < 4.78 is 51.0. The molecule has 0 atom stereocenters. The van der Waals surface area contributed by atoms with E-state index in [2.05, 4.69) is 6.58 Å². The van der Waals surface area contributed by atoms with Crippen LogP contribution >= 0.6 is 0 Å². The lowest BCUT2D eigenvalue weighted by molar-refractivity contribution is -0.137. The molecule has 130 valence electrons. The van der Waals surface area contributed by atoms with Crippen LogP contribution in [0.5, 0.6) is 0 Å². The Morgan fingerprint density at radius 1 is 1.00 bits per heavy atom. The summed E-state index contributed by atoms with van der Waals surface area (Å²) in [5.41, 5.74) is 2.60. The summed E-state index contributed by atoms with van der Waals surface area (Å²) in [6, 6.07) is 10.5. The van der Waals surface area contributed by atoms with Crippen molar-refractivity contribution in [2.45, 2.75) is 19.1 Å². The SMILES string of the molecule is C=C(F)C(=O)N1CCc2ccc(-c3ccc(C(F)(F)F)cc3)cc2C1. The van der Waals surface area contributed by atoms with E-state index in [0.29, 0.717) is 18.5 Å². The molecule has 0 aliphatic carbocycles. The van der Waals surface area contributed by atoms with Gasteiger partial charge in [-0.3, -0.25) is 4.79 Å². The van der Waals surface area contributed by atoms with Crippen molar-refractivity contribution in [3.05, 3.63) is 71.6 Å². The highest BCUT2D eigenvalue weighted by molar-refractivity contribution is 5.90. The molecule has 2 nitrogen and oxygen atoms in total. The van der Waals surface area contributed by atoms with Gasteiger partial charge in [-0.15, -0.1) is 0 Å². The van der Waals surface area contributed by atoms with Gasteiger partial charge in [0.25, 0.3) is 5.91 Å². The minimum Gasteiger partial charge on any atom is -0.332 e. The maximum Gasteiger partial charge on any atom is 0.416 e. The second-order valence-corrected chi connectivity index (χ2v) is 5.94. The number of nitrogens with zero attached hydrogens (tertiary/aromatic N) is 1. The largest absolute Gasteiger partial charge is 0.416 e. The Hall–Kier alpha value is -2.63. The first-order valence-corrected chi connectivity index (χ1v) is 7.69. The molecule has 0 aromatic heterocycles.